The van der Waals surface area contributed by atoms with Crippen LogP contribution in [0.5, 0.6) is 0 Å². The number of aromatic nitrogens is 2. The van der Waals surface area contributed by atoms with Crippen LogP contribution in [0.2, 0.25) is 0 Å². The summed E-state index contributed by atoms with van der Waals surface area (Å²) in [4.78, 5) is 10.0. The highest BCUT2D eigenvalue weighted by Crippen LogP contribution is 2.25. The van der Waals surface area contributed by atoms with Gasteiger partial charge >= 0.3 is 5.69 Å². The number of benzene rings is 1. The maximum Gasteiger partial charge on any atom is 0.300 e. The van der Waals surface area contributed by atoms with Crippen molar-refractivity contribution in [3.63, 3.8) is 0 Å². The molecule has 1 heterocycles. The minimum absolute atomic E-state index is 0.0864. The second-order valence-electron chi connectivity index (χ2n) is 2.29. The van der Waals surface area contributed by atoms with Gasteiger partial charge in [0.1, 0.15) is 0 Å². The van der Waals surface area contributed by atoms with Gasteiger partial charge in [0.05, 0.1) is 4.92 Å². The first-order chi connectivity index (χ1) is 6.20. The number of non-ortho nitro benzene ring substituents is 1. The van der Waals surface area contributed by atoms with Crippen molar-refractivity contribution < 1.29 is 9.55 Å². The predicted molar refractivity (Wildman–Crippen MR) is 51.2 cm³/mol. The summed E-state index contributed by atoms with van der Waals surface area (Å²) in [5, 5.41) is 17.5. The quantitative estimate of drug-likeness (QED) is 0.454. The number of hydrogen-bond acceptors (Lipinski definition) is 5. The van der Waals surface area contributed by atoms with Crippen molar-refractivity contribution in [2.45, 2.75) is 0 Å². The molecule has 0 unspecified atom stereocenters. The second kappa shape index (κ2) is 2.91. The molecule has 6 nitrogen and oxygen atoms in total. The number of rotatable bonds is 1. The Bertz CT molecular complexity index is 481. The molecule has 0 aliphatic carbocycles. The van der Waals surface area contributed by atoms with E-state index in [4.69, 9.17) is 0 Å². The number of fused-ring (bicyclic) bond motifs is 1. The van der Waals surface area contributed by atoms with Crippen molar-refractivity contribution in [1.29, 1.82) is 0 Å². The first-order valence-electron chi connectivity index (χ1n) is 3.25. The summed E-state index contributed by atoms with van der Waals surface area (Å²) in [6.07, 6.45) is 0. The van der Waals surface area contributed by atoms with E-state index >= 15 is 0 Å². The normalized spacial score (nSPS) is 10.5. The Morgan fingerprint density at radius 2 is 2.08 bits per heavy atom. The van der Waals surface area contributed by atoms with Gasteiger partial charge in [-0.25, -0.2) is 4.63 Å². The third kappa shape index (κ3) is 1.24. The zero-order valence-corrected chi connectivity index (χ0v) is 8.26. The van der Waals surface area contributed by atoms with Crippen molar-refractivity contribution in [3.05, 3.63) is 25.8 Å². The molecule has 0 aliphatic rings. The van der Waals surface area contributed by atoms with Gasteiger partial charge < -0.3 is 0 Å². The lowest BCUT2D eigenvalue weighted by atomic mass is 10.3. The van der Waals surface area contributed by atoms with Crippen molar-refractivity contribution in [2.75, 3.05) is 0 Å². The Hall–Kier alpha value is -1.25. The third-order valence-electron chi connectivity index (χ3n) is 1.54. The Labute approximate surface area is 85.2 Å². The van der Waals surface area contributed by atoms with E-state index < -0.39 is 4.92 Å². The molecule has 0 aliphatic heterocycles. The monoisotopic (exact) mass is 291 g/mol. The van der Waals surface area contributed by atoms with Crippen molar-refractivity contribution in [1.82, 2.24) is 10.3 Å². The fourth-order valence-electron chi connectivity index (χ4n) is 0.971. The maximum absolute atomic E-state index is 10.5. The number of nitrogens with zero attached hydrogens (tertiary/aromatic N) is 3. The van der Waals surface area contributed by atoms with Gasteiger partial charge in [-0.1, -0.05) is 0 Å². The smallest absolute Gasteiger partial charge is 0.258 e. The molecule has 0 bridgehead atoms. The molecule has 0 saturated carbocycles. The molecule has 2 rings (SSSR count). The van der Waals surface area contributed by atoms with E-state index in [-0.39, 0.29) is 11.2 Å². The minimum Gasteiger partial charge on any atom is -0.258 e. The van der Waals surface area contributed by atoms with E-state index in [1.807, 2.05) is 22.6 Å². The summed E-state index contributed by atoms with van der Waals surface area (Å²) >= 11 is 2.01. The lowest BCUT2D eigenvalue weighted by molar-refractivity contribution is -0.383. The standard InChI is InChI=1S/C6H2IN3O3/c7-3-1-2-4(10(11)12)6-5(3)8-13-9-6/h1-2H. The van der Waals surface area contributed by atoms with Gasteiger partial charge in [-0.15, -0.1) is 0 Å². The van der Waals surface area contributed by atoms with Gasteiger partial charge in [-0.3, -0.25) is 10.1 Å². The van der Waals surface area contributed by atoms with Crippen molar-refractivity contribution in [3.8, 4) is 0 Å². The van der Waals surface area contributed by atoms with Gasteiger partial charge in [0.25, 0.3) is 0 Å². The molecular formula is C6H2IN3O3. The molecule has 0 amide bonds. The van der Waals surface area contributed by atoms with Crippen LogP contribution in [-0.2, 0) is 0 Å². The second-order valence-corrected chi connectivity index (χ2v) is 3.45. The van der Waals surface area contributed by atoms with E-state index in [1.165, 1.54) is 6.07 Å². The first kappa shape index (κ1) is 8.35. The number of halogens is 1. The highest BCUT2D eigenvalue weighted by atomic mass is 127. The first-order valence-corrected chi connectivity index (χ1v) is 4.33. The van der Waals surface area contributed by atoms with Gasteiger partial charge in [-0.05, 0) is 39.0 Å². The summed E-state index contributed by atoms with van der Waals surface area (Å²) in [7, 11) is 0. The Morgan fingerprint density at radius 1 is 1.38 bits per heavy atom. The average Bonchev–Trinajstić information content (AvgIpc) is 2.53. The van der Waals surface area contributed by atoms with Crippen LogP contribution in [0.25, 0.3) is 11.0 Å². The molecule has 66 valence electrons. The molecule has 0 radical (unpaired) electrons. The number of hydrogen-bond donors (Lipinski definition) is 0. The Balaban J connectivity index is 2.86. The Kier molecular flexibility index (Phi) is 1.87. The zero-order chi connectivity index (χ0) is 9.42. The van der Waals surface area contributed by atoms with E-state index in [1.54, 1.807) is 6.07 Å². The molecule has 0 atom stereocenters. The number of nitro benzene ring substituents is 1. The number of nitro groups is 1. The summed E-state index contributed by atoms with van der Waals surface area (Å²) in [5.41, 5.74) is 0.531. The van der Waals surface area contributed by atoms with E-state index in [0.717, 1.165) is 3.57 Å². The minimum atomic E-state index is -0.511. The van der Waals surface area contributed by atoms with Crippen LogP contribution in [0.3, 0.4) is 0 Å². The van der Waals surface area contributed by atoms with Crippen molar-refractivity contribution >= 4 is 39.3 Å². The molecule has 1 aromatic heterocycles. The maximum atomic E-state index is 10.5. The lowest BCUT2D eigenvalue weighted by Crippen LogP contribution is -1.90. The molecule has 13 heavy (non-hydrogen) atoms. The summed E-state index contributed by atoms with van der Waals surface area (Å²) in [6, 6.07) is 2.99. The van der Waals surface area contributed by atoms with Crippen molar-refractivity contribution in [2.24, 2.45) is 0 Å². The molecule has 0 fully saturated rings. The van der Waals surface area contributed by atoms with Crippen LogP contribution in [-0.4, -0.2) is 15.2 Å². The van der Waals surface area contributed by atoms with Crippen LogP contribution >= 0.6 is 22.6 Å². The van der Waals surface area contributed by atoms with Crippen LogP contribution < -0.4 is 0 Å². The molecule has 0 spiro atoms. The van der Waals surface area contributed by atoms with E-state index in [2.05, 4.69) is 14.9 Å². The van der Waals surface area contributed by atoms with E-state index in [0.29, 0.717) is 5.52 Å². The highest BCUT2D eigenvalue weighted by Gasteiger charge is 2.17. The van der Waals surface area contributed by atoms with Gasteiger partial charge in [0.15, 0.2) is 5.52 Å². The van der Waals surface area contributed by atoms with Gasteiger partial charge in [-0.2, -0.15) is 0 Å². The molecular weight excluding hydrogens is 289 g/mol. The van der Waals surface area contributed by atoms with Crippen LogP contribution in [0.1, 0.15) is 0 Å². The predicted octanol–water partition coefficient (Wildman–Crippen LogP) is 1.74. The highest BCUT2D eigenvalue weighted by molar-refractivity contribution is 14.1. The summed E-state index contributed by atoms with van der Waals surface area (Å²) < 4.78 is 5.20. The third-order valence-corrected chi connectivity index (χ3v) is 2.41. The molecule has 0 N–H and O–H groups in total. The summed E-state index contributed by atoms with van der Waals surface area (Å²) in [6.45, 7) is 0. The fourth-order valence-corrected chi connectivity index (χ4v) is 1.50. The average molecular weight is 291 g/mol. The van der Waals surface area contributed by atoms with Gasteiger partial charge in [0, 0.05) is 9.64 Å². The lowest BCUT2D eigenvalue weighted by Gasteiger charge is -1.91. The fraction of sp³-hybridized carbons (Fsp3) is 0. The summed E-state index contributed by atoms with van der Waals surface area (Å²) in [5.74, 6) is 0. The van der Waals surface area contributed by atoms with Crippen LogP contribution in [0, 0.1) is 13.7 Å². The topological polar surface area (TPSA) is 82.1 Å². The zero-order valence-electron chi connectivity index (χ0n) is 6.10. The largest absolute Gasteiger partial charge is 0.300 e. The molecule has 0 saturated heterocycles. The van der Waals surface area contributed by atoms with Gasteiger partial charge in [0.2, 0.25) is 5.52 Å². The molecule has 1 aromatic carbocycles. The van der Waals surface area contributed by atoms with Crippen LogP contribution in [0.15, 0.2) is 16.8 Å². The molecule has 2 aromatic rings. The van der Waals surface area contributed by atoms with E-state index in [9.17, 15) is 10.1 Å². The molecule has 7 heteroatoms. The SMILES string of the molecule is O=[N+]([O-])c1ccc(I)c2nonc12. The van der Waals surface area contributed by atoms with Crippen LogP contribution in [0.4, 0.5) is 5.69 Å². The Morgan fingerprint density at radius 3 is 2.77 bits per heavy atom.